The van der Waals surface area contributed by atoms with Crippen LogP contribution >= 0.6 is 0 Å². The fourth-order valence-corrected chi connectivity index (χ4v) is 5.05. The second-order valence-corrected chi connectivity index (χ2v) is 11.0. The standard InChI is InChI=1S/C35H38O8/c1-5-20-39-27-11-7-25(8-12-27)34(37)42-29-15-17-30(18-16-29)43-35(38)26-9-13-28(14-10-26)41-33(36)22-40-32-21-24(4)6-19-31(32)23(2)3/h5,7-18,23-24,31-32H,1,6,19-22H2,2-4H3. The molecule has 8 heteroatoms. The molecule has 0 amide bonds. The van der Waals surface area contributed by atoms with E-state index in [9.17, 15) is 14.4 Å². The SMILES string of the molecule is C=CCOc1ccc(C(=O)Oc2ccc(OC(=O)c3ccc(OC(=O)COC4CC(C)CCC4C(C)C)cc3)cc2)cc1. The molecule has 0 spiro atoms. The largest absolute Gasteiger partial charge is 0.490 e. The Balaban J connectivity index is 1.24. The van der Waals surface area contributed by atoms with Crippen LogP contribution in [0.2, 0.25) is 0 Å². The van der Waals surface area contributed by atoms with Crippen LogP contribution in [0.3, 0.4) is 0 Å². The highest BCUT2D eigenvalue weighted by Crippen LogP contribution is 2.35. The molecule has 3 unspecified atom stereocenters. The molecule has 1 fully saturated rings. The lowest BCUT2D eigenvalue weighted by atomic mass is 9.75. The lowest BCUT2D eigenvalue weighted by Crippen LogP contribution is -2.36. The topological polar surface area (TPSA) is 97.4 Å². The summed E-state index contributed by atoms with van der Waals surface area (Å²) in [7, 11) is 0. The van der Waals surface area contributed by atoms with Gasteiger partial charge in [-0.25, -0.2) is 14.4 Å². The zero-order valence-corrected chi connectivity index (χ0v) is 24.8. The monoisotopic (exact) mass is 586 g/mol. The molecule has 0 aromatic heterocycles. The average molecular weight is 587 g/mol. The molecule has 8 nitrogen and oxygen atoms in total. The molecule has 0 N–H and O–H groups in total. The molecular formula is C35H38O8. The minimum absolute atomic E-state index is 0.0509. The third-order valence-electron chi connectivity index (χ3n) is 7.40. The van der Waals surface area contributed by atoms with Crippen LogP contribution in [-0.4, -0.2) is 37.2 Å². The minimum Gasteiger partial charge on any atom is -0.490 e. The van der Waals surface area contributed by atoms with E-state index in [-0.39, 0.29) is 24.0 Å². The fourth-order valence-electron chi connectivity index (χ4n) is 5.05. The number of esters is 3. The van der Waals surface area contributed by atoms with E-state index in [1.165, 1.54) is 55.0 Å². The van der Waals surface area contributed by atoms with E-state index in [2.05, 4.69) is 27.4 Å². The predicted octanol–water partition coefficient (Wildman–Crippen LogP) is 7.07. The summed E-state index contributed by atoms with van der Waals surface area (Å²) in [5.74, 6) is 1.41. The summed E-state index contributed by atoms with van der Waals surface area (Å²) in [6.07, 6.45) is 4.93. The Labute approximate surface area is 252 Å². The van der Waals surface area contributed by atoms with Crippen molar-refractivity contribution in [2.24, 2.45) is 17.8 Å². The van der Waals surface area contributed by atoms with Crippen molar-refractivity contribution in [2.75, 3.05) is 13.2 Å². The number of rotatable bonds is 12. The fraction of sp³-hybridized carbons (Fsp3) is 0.343. The smallest absolute Gasteiger partial charge is 0.343 e. The third kappa shape index (κ3) is 9.28. The van der Waals surface area contributed by atoms with Gasteiger partial charge >= 0.3 is 17.9 Å². The van der Waals surface area contributed by atoms with Crippen LogP contribution in [0.1, 0.15) is 60.7 Å². The van der Waals surface area contributed by atoms with Crippen LogP contribution in [0.4, 0.5) is 0 Å². The predicted molar refractivity (Wildman–Crippen MR) is 162 cm³/mol. The first-order chi connectivity index (χ1) is 20.7. The Bertz CT molecular complexity index is 1380. The Morgan fingerprint density at radius 2 is 1.26 bits per heavy atom. The van der Waals surface area contributed by atoms with Gasteiger partial charge in [0.15, 0.2) is 0 Å². The Kier molecular flexibility index (Phi) is 11.1. The molecule has 3 aromatic carbocycles. The first kappa shape index (κ1) is 31.5. The molecule has 3 aromatic rings. The van der Waals surface area contributed by atoms with Gasteiger partial charge in [-0.2, -0.15) is 0 Å². The van der Waals surface area contributed by atoms with Crippen LogP contribution in [0.15, 0.2) is 85.5 Å². The molecule has 0 bridgehead atoms. The van der Waals surface area contributed by atoms with Crippen molar-refractivity contribution in [3.8, 4) is 23.0 Å². The number of hydrogen-bond donors (Lipinski definition) is 0. The van der Waals surface area contributed by atoms with E-state index >= 15 is 0 Å². The number of carbonyl (C=O) groups excluding carboxylic acids is 3. The van der Waals surface area contributed by atoms with Crippen molar-refractivity contribution in [3.05, 3.63) is 96.6 Å². The van der Waals surface area contributed by atoms with Crippen LogP contribution in [0.25, 0.3) is 0 Å². The molecule has 0 saturated heterocycles. The van der Waals surface area contributed by atoms with Crippen molar-refractivity contribution >= 4 is 17.9 Å². The highest BCUT2D eigenvalue weighted by atomic mass is 16.6. The van der Waals surface area contributed by atoms with Gasteiger partial charge in [-0.05, 0) is 103 Å². The highest BCUT2D eigenvalue weighted by molar-refractivity contribution is 5.92. The van der Waals surface area contributed by atoms with Gasteiger partial charge in [0.1, 0.15) is 36.2 Å². The van der Waals surface area contributed by atoms with Crippen molar-refractivity contribution in [1.29, 1.82) is 0 Å². The van der Waals surface area contributed by atoms with Crippen molar-refractivity contribution in [3.63, 3.8) is 0 Å². The quantitative estimate of drug-likeness (QED) is 0.126. The number of ether oxygens (including phenoxy) is 5. The van der Waals surface area contributed by atoms with Gasteiger partial charge in [-0.3, -0.25) is 0 Å². The van der Waals surface area contributed by atoms with Gasteiger partial charge in [0.25, 0.3) is 0 Å². The molecule has 1 aliphatic carbocycles. The first-order valence-corrected chi connectivity index (χ1v) is 14.5. The van der Waals surface area contributed by atoms with Crippen LogP contribution < -0.4 is 18.9 Å². The summed E-state index contributed by atoms with van der Waals surface area (Å²) in [5.41, 5.74) is 0.643. The van der Waals surface area contributed by atoms with Crippen LogP contribution in [0, 0.1) is 17.8 Å². The maximum Gasteiger partial charge on any atom is 0.343 e. The van der Waals surface area contributed by atoms with Crippen molar-refractivity contribution < 1.29 is 38.1 Å². The molecule has 0 heterocycles. The molecule has 0 radical (unpaired) electrons. The van der Waals surface area contributed by atoms with Gasteiger partial charge < -0.3 is 23.7 Å². The van der Waals surface area contributed by atoms with Gasteiger partial charge in [-0.1, -0.05) is 39.8 Å². The number of hydrogen-bond acceptors (Lipinski definition) is 8. The molecule has 3 atom stereocenters. The third-order valence-corrected chi connectivity index (χ3v) is 7.40. The minimum atomic E-state index is -0.587. The Morgan fingerprint density at radius 1 is 0.767 bits per heavy atom. The van der Waals surface area contributed by atoms with E-state index in [1.807, 2.05) is 0 Å². The van der Waals surface area contributed by atoms with Gasteiger partial charge in [-0.15, -0.1) is 0 Å². The molecule has 0 aliphatic heterocycles. The normalized spacial score (nSPS) is 18.0. The summed E-state index contributed by atoms with van der Waals surface area (Å²) in [6.45, 7) is 10.5. The summed E-state index contributed by atoms with van der Waals surface area (Å²) >= 11 is 0. The van der Waals surface area contributed by atoms with Crippen LogP contribution in [0.5, 0.6) is 23.0 Å². The summed E-state index contributed by atoms with van der Waals surface area (Å²) in [4.78, 5) is 37.5. The second kappa shape index (κ2) is 15.2. The second-order valence-electron chi connectivity index (χ2n) is 11.0. The molecule has 43 heavy (non-hydrogen) atoms. The average Bonchev–Trinajstić information content (AvgIpc) is 3.00. The lowest BCUT2D eigenvalue weighted by molar-refractivity contribution is -0.145. The summed E-state index contributed by atoms with van der Waals surface area (Å²) in [5, 5.41) is 0. The maximum atomic E-state index is 12.6. The lowest BCUT2D eigenvalue weighted by Gasteiger charge is -2.36. The van der Waals surface area contributed by atoms with E-state index in [0.29, 0.717) is 47.2 Å². The number of benzene rings is 3. The number of carbonyl (C=O) groups is 3. The van der Waals surface area contributed by atoms with E-state index in [4.69, 9.17) is 23.7 Å². The van der Waals surface area contributed by atoms with Gasteiger partial charge in [0, 0.05) is 0 Å². The Morgan fingerprint density at radius 3 is 1.77 bits per heavy atom. The van der Waals surface area contributed by atoms with Crippen molar-refractivity contribution in [2.45, 2.75) is 46.1 Å². The molecule has 226 valence electrons. The molecular weight excluding hydrogens is 548 g/mol. The maximum absolute atomic E-state index is 12.6. The van der Waals surface area contributed by atoms with E-state index in [0.717, 1.165) is 12.8 Å². The van der Waals surface area contributed by atoms with Gasteiger partial charge in [0.2, 0.25) is 0 Å². The molecule has 4 rings (SSSR count). The van der Waals surface area contributed by atoms with Crippen LogP contribution in [-0.2, 0) is 9.53 Å². The zero-order valence-electron chi connectivity index (χ0n) is 24.8. The van der Waals surface area contributed by atoms with E-state index in [1.54, 1.807) is 30.3 Å². The van der Waals surface area contributed by atoms with Crippen molar-refractivity contribution in [1.82, 2.24) is 0 Å². The highest BCUT2D eigenvalue weighted by Gasteiger charge is 2.32. The molecule has 1 saturated carbocycles. The molecule has 1 aliphatic rings. The Hall–Kier alpha value is -4.43. The van der Waals surface area contributed by atoms with E-state index < -0.39 is 17.9 Å². The first-order valence-electron chi connectivity index (χ1n) is 14.5. The summed E-state index contributed by atoms with van der Waals surface area (Å²) in [6, 6.07) is 18.8. The summed E-state index contributed by atoms with van der Waals surface area (Å²) < 4.78 is 27.6. The van der Waals surface area contributed by atoms with Gasteiger partial charge in [0.05, 0.1) is 17.2 Å². The zero-order chi connectivity index (χ0) is 30.8.